The summed E-state index contributed by atoms with van der Waals surface area (Å²) in [5.41, 5.74) is 2.09. The summed E-state index contributed by atoms with van der Waals surface area (Å²) in [7, 11) is 0. The summed E-state index contributed by atoms with van der Waals surface area (Å²) in [6, 6.07) is 0.512. The minimum Gasteiger partial charge on any atom is -0.391 e. The molecule has 0 unspecified atom stereocenters. The lowest BCUT2D eigenvalue weighted by atomic mass is 10.1. The first kappa shape index (κ1) is 19.9. The van der Waals surface area contributed by atoms with E-state index in [2.05, 4.69) is 20.6 Å². The molecule has 3 atom stereocenters. The van der Waals surface area contributed by atoms with Crippen LogP contribution in [0.3, 0.4) is 0 Å². The van der Waals surface area contributed by atoms with Gasteiger partial charge in [0.15, 0.2) is 0 Å². The highest BCUT2D eigenvalue weighted by Crippen LogP contribution is 2.26. The first-order valence-corrected chi connectivity index (χ1v) is 9.20. The van der Waals surface area contributed by atoms with Crippen molar-refractivity contribution in [3.63, 3.8) is 0 Å². The molecular formula is C19H24FN5O3. The third kappa shape index (κ3) is 4.53. The molecule has 2 aromatic rings. The van der Waals surface area contributed by atoms with Gasteiger partial charge >= 0.3 is 0 Å². The number of nitrogens with one attached hydrogen (secondary N) is 2. The van der Waals surface area contributed by atoms with E-state index in [0.717, 1.165) is 23.7 Å². The first-order chi connectivity index (χ1) is 13.3. The van der Waals surface area contributed by atoms with Crippen LogP contribution in [0.4, 0.5) is 4.39 Å². The second-order valence-electron chi connectivity index (χ2n) is 7.11. The zero-order chi connectivity index (χ0) is 20.3. The Bertz CT molecular complexity index is 869. The molecule has 9 heteroatoms. The summed E-state index contributed by atoms with van der Waals surface area (Å²) >= 11 is 0. The molecular weight excluding hydrogens is 365 g/mol. The number of halogens is 1. The van der Waals surface area contributed by atoms with Gasteiger partial charge in [0.2, 0.25) is 5.91 Å². The largest absolute Gasteiger partial charge is 0.391 e. The van der Waals surface area contributed by atoms with Crippen molar-refractivity contribution < 1.29 is 19.1 Å². The molecule has 0 aliphatic heterocycles. The first-order valence-electron chi connectivity index (χ1n) is 9.20. The van der Waals surface area contributed by atoms with E-state index >= 15 is 0 Å². The van der Waals surface area contributed by atoms with E-state index in [1.54, 1.807) is 6.33 Å². The summed E-state index contributed by atoms with van der Waals surface area (Å²) in [4.78, 5) is 32.5. The van der Waals surface area contributed by atoms with Gasteiger partial charge in [-0.3, -0.25) is 14.6 Å². The average Bonchev–Trinajstić information content (AvgIpc) is 3.18. The molecule has 0 saturated heterocycles. The second-order valence-corrected chi connectivity index (χ2v) is 7.11. The fraction of sp³-hybridized carbons (Fsp3) is 0.474. The number of rotatable bonds is 6. The number of aliphatic hydroxyl groups is 1. The Morgan fingerprint density at radius 1 is 1.32 bits per heavy atom. The van der Waals surface area contributed by atoms with E-state index < -0.39 is 29.8 Å². The number of carbonyl (C=O) groups is 2. The second kappa shape index (κ2) is 8.47. The maximum atomic E-state index is 13.2. The lowest BCUT2D eigenvalue weighted by Crippen LogP contribution is -2.40. The fourth-order valence-electron chi connectivity index (χ4n) is 3.39. The molecule has 0 spiro atoms. The zero-order valence-electron chi connectivity index (χ0n) is 15.9. The van der Waals surface area contributed by atoms with Crippen molar-refractivity contribution in [1.29, 1.82) is 0 Å². The van der Waals surface area contributed by atoms with Gasteiger partial charge in [-0.25, -0.2) is 9.37 Å². The number of imidazole rings is 1. The molecule has 1 fully saturated rings. The molecule has 1 aliphatic carbocycles. The average molecular weight is 389 g/mol. The molecule has 0 radical (unpaired) electrons. The van der Waals surface area contributed by atoms with Crippen LogP contribution in [0.15, 0.2) is 24.8 Å². The Morgan fingerprint density at radius 2 is 2.11 bits per heavy atom. The Hall–Kier alpha value is -2.81. The van der Waals surface area contributed by atoms with Crippen LogP contribution in [0.2, 0.25) is 0 Å². The number of aromatic nitrogens is 3. The predicted molar refractivity (Wildman–Crippen MR) is 98.9 cm³/mol. The lowest BCUT2D eigenvalue weighted by Gasteiger charge is -2.16. The quantitative estimate of drug-likeness (QED) is 0.675. The van der Waals surface area contributed by atoms with Crippen LogP contribution in [-0.4, -0.2) is 50.1 Å². The number of amides is 2. The molecule has 150 valence electrons. The van der Waals surface area contributed by atoms with Gasteiger partial charge in [0.1, 0.15) is 5.82 Å². The minimum atomic E-state index is -0.834. The normalized spacial score (nSPS) is 21.5. The van der Waals surface area contributed by atoms with Crippen LogP contribution in [0, 0.1) is 25.6 Å². The third-order valence-electron chi connectivity index (χ3n) is 5.18. The molecule has 8 nitrogen and oxygen atoms in total. The van der Waals surface area contributed by atoms with Crippen LogP contribution in [0.1, 0.15) is 34.6 Å². The van der Waals surface area contributed by atoms with E-state index in [1.165, 1.54) is 6.20 Å². The van der Waals surface area contributed by atoms with Gasteiger partial charge in [0.25, 0.3) is 5.91 Å². The summed E-state index contributed by atoms with van der Waals surface area (Å²) in [5.74, 6) is -1.68. The fourth-order valence-corrected chi connectivity index (χ4v) is 3.39. The molecule has 3 rings (SSSR count). The SMILES string of the molecule is Cc1ncn(CCNC(=O)[C@H]2C[C@H](NC(=O)c3cncc(F)c3)[C@@H](O)C2)c1C. The highest BCUT2D eigenvalue weighted by atomic mass is 19.1. The van der Waals surface area contributed by atoms with Gasteiger partial charge in [-0.1, -0.05) is 0 Å². The Balaban J connectivity index is 1.49. The molecule has 2 amide bonds. The zero-order valence-corrected chi connectivity index (χ0v) is 15.9. The summed E-state index contributed by atoms with van der Waals surface area (Å²) in [6.45, 7) is 4.96. The number of hydrogen-bond donors (Lipinski definition) is 3. The van der Waals surface area contributed by atoms with E-state index in [9.17, 15) is 19.1 Å². The number of aryl methyl sites for hydroxylation is 1. The van der Waals surface area contributed by atoms with Crippen molar-refractivity contribution in [2.24, 2.45) is 5.92 Å². The number of aliphatic hydroxyl groups excluding tert-OH is 1. The molecule has 28 heavy (non-hydrogen) atoms. The molecule has 0 aromatic carbocycles. The number of nitrogens with zero attached hydrogens (tertiary/aromatic N) is 3. The Labute approximate surface area is 162 Å². The number of pyridine rings is 1. The van der Waals surface area contributed by atoms with Crippen molar-refractivity contribution in [2.45, 2.75) is 45.4 Å². The molecule has 1 saturated carbocycles. The van der Waals surface area contributed by atoms with Crippen molar-refractivity contribution >= 4 is 11.8 Å². The van der Waals surface area contributed by atoms with Gasteiger partial charge in [0.05, 0.1) is 35.9 Å². The number of carbonyl (C=O) groups excluding carboxylic acids is 2. The van der Waals surface area contributed by atoms with Crippen molar-refractivity contribution in [3.8, 4) is 0 Å². The van der Waals surface area contributed by atoms with E-state index in [-0.39, 0.29) is 17.9 Å². The van der Waals surface area contributed by atoms with Crippen molar-refractivity contribution in [2.75, 3.05) is 6.54 Å². The lowest BCUT2D eigenvalue weighted by molar-refractivity contribution is -0.125. The monoisotopic (exact) mass is 389 g/mol. The van der Waals surface area contributed by atoms with Crippen molar-refractivity contribution in [1.82, 2.24) is 25.2 Å². The van der Waals surface area contributed by atoms with Crippen LogP contribution in [-0.2, 0) is 11.3 Å². The van der Waals surface area contributed by atoms with Crippen molar-refractivity contribution in [3.05, 3.63) is 47.6 Å². The number of hydrogen-bond acceptors (Lipinski definition) is 5. The Morgan fingerprint density at radius 3 is 2.79 bits per heavy atom. The van der Waals surface area contributed by atoms with E-state index in [1.807, 2.05) is 18.4 Å². The summed E-state index contributed by atoms with van der Waals surface area (Å²) < 4.78 is 15.2. The standard InChI is InChI=1S/C19H24FN5O3/c1-11-12(2)25(10-23-11)4-3-22-18(27)13-6-16(17(26)7-13)24-19(28)14-5-15(20)9-21-8-14/h5,8-10,13,16-17,26H,3-4,6-7H2,1-2H3,(H,22,27)(H,24,28)/t13-,16-,17-/m0/s1. The highest BCUT2D eigenvalue weighted by molar-refractivity contribution is 5.94. The highest BCUT2D eigenvalue weighted by Gasteiger charge is 2.37. The van der Waals surface area contributed by atoms with Crippen LogP contribution >= 0.6 is 0 Å². The molecule has 2 aromatic heterocycles. The topological polar surface area (TPSA) is 109 Å². The Kier molecular flexibility index (Phi) is 6.03. The third-order valence-corrected chi connectivity index (χ3v) is 5.18. The summed E-state index contributed by atoms with van der Waals surface area (Å²) in [5, 5.41) is 15.7. The van der Waals surface area contributed by atoms with Gasteiger partial charge in [-0.15, -0.1) is 0 Å². The van der Waals surface area contributed by atoms with Gasteiger partial charge in [0, 0.05) is 30.9 Å². The molecule has 2 heterocycles. The van der Waals surface area contributed by atoms with Crippen LogP contribution in [0.25, 0.3) is 0 Å². The van der Waals surface area contributed by atoms with E-state index in [0.29, 0.717) is 19.5 Å². The van der Waals surface area contributed by atoms with E-state index in [4.69, 9.17) is 0 Å². The van der Waals surface area contributed by atoms with Gasteiger partial charge in [-0.2, -0.15) is 0 Å². The van der Waals surface area contributed by atoms with Gasteiger partial charge < -0.3 is 20.3 Å². The van der Waals surface area contributed by atoms with Crippen LogP contribution in [0.5, 0.6) is 0 Å². The predicted octanol–water partition coefficient (Wildman–Crippen LogP) is 0.720. The maximum absolute atomic E-state index is 13.2. The smallest absolute Gasteiger partial charge is 0.253 e. The van der Waals surface area contributed by atoms with Crippen LogP contribution < -0.4 is 10.6 Å². The van der Waals surface area contributed by atoms with Gasteiger partial charge in [-0.05, 0) is 32.8 Å². The molecule has 1 aliphatic rings. The minimum absolute atomic E-state index is 0.0751. The summed E-state index contributed by atoms with van der Waals surface area (Å²) in [6.07, 6.45) is 3.76. The molecule has 0 bridgehead atoms. The maximum Gasteiger partial charge on any atom is 0.253 e. The molecule has 3 N–H and O–H groups in total.